The summed E-state index contributed by atoms with van der Waals surface area (Å²) in [6, 6.07) is 20.1. The number of carbonyl (C=O) groups excluding carboxylic acids is 1. The van der Waals surface area contributed by atoms with Crippen LogP contribution >= 0.6 is 0 Å². The minimum Gasteiger partial charge on any atom is -0.309 e. The van der Waals surface area contributed by atoms with E-state index in [0.29, 0.717) is 18.7 Å². The third-order valence-electron chi connectivity index (χ3n) is 4.22. The van der Waals surface area contributed by atoms with Crippen molar-refractivity contribution in [2.45, 2.75) is 32.6 Å². The number of amides is 1. The number of benzene rings is 2. The van der Waals surface area contributed by atoms with Gasteiger partial charge in [-0.3, -0.25) is 4.79 Å². The fourth-order valence-electron chi connectivity index (χ4n) is 2.82. The van der Waals surface area contributed by atoms with Gasteiger partial charge in [-0.15, -0.1) is 0 Å². The van der Waals surface area contributed by atoms with Gasteiger partial charge < -0.3 is 5.32 Å². The minimum absolute atomic E-state index is 0.0163. The predicted molar refractivity (Wildman–Crippen MR) is 105 cm³/mol. The van der Waals surface area contributed by atoms with Crippen LogP contribution in [0, 0.1) is 0 Å². The summed E-state index contributed by atoms with van der Waals surface area (Å²) in [5.41, 5.74) is 3.91. The molecule has 2 aromatic carbocycles. The number of aryl methyl sites for hydroxylation is 2. The molecule has 4 heteroatoms. The molecule has 1 amide bonds. The number of anilines is 1. The van der Waals surface area contributed by atoms with E-state index in [1.807, 2.05) is 55.5 Å². The number of carbonyl (C=O) groups is 1. The number of hydrogen-bond acceptors (Lipinski definition) is 3. The summed E-state index contributed by atoms with van der Waals surface area (Å²) in [7, 11) is 0. The van der Waals surface area contributed by atoms with E-state index in [1.165, 1.54) is 5.56 Å². The van der Waals surface area contributed by atoms with Crippen molar-refractivity contribution in [3.05, 3.63) is 78.1 Å². The van der Waals surface area contributed by atoms with Crippen LogP contribution in [0.4, 0.5) is 5.82 Å². The standard InChI is InChI=1S/C22H23N3O/c1-2-19-22(23-16-20(24-19)18-13-7-4-8-14-18)25-21(26)15-9-12-17-10-5-3-6-11-17/h3-8,10-11,13-14,16H,2,9,12,15H2,1H3,(H,23,25,26). The molecule has 3 rings (SSSR count). The molecular formula is C22H23N3O. The zero-order valence-electron chi connectivity index (χ0n) is 15.0. The van der Waals surface area contributed by atoms with Crippen molar-refractivity contribution >= 4 is 11.7 Å². The lowest BCUT2D eigenvalue weighted by molar-refractivity contribution is -0.116. The summed E-state index contributed by atoms with van der Waals surface area (Å²) in [6.07, 6.45) is 4.61. The van der Waals surface area contributed by atoms with Gasteiger partial charge in [0.05, 0.1) is 17.6 Å². The highest BCUT2D eigenvalue weighted by atomic mass is 16.1. The smallest absolute Gasteiger partial charge is 0.225 e. The molecule has 0 saturated carbocycles. The van der Waals surface area contributed by atoms with Crippen LogP contribution in [-0.4, -0.2) is 15.9 Å². The summed E-state index contributed by atoms with van der Waals surface area (Å²) < 4.78 is 0. The number of rotatable bonds is 7. The van der Waals surface area contributed by atoms with Gasteiger partial charge in [0, 0.05) is 12.0 Å². The van der Waals surface area contributed by atoms with E-state index in [0.717, 1.165) is 29.8 Å². The van der Waals surface area contributed by atoms with Gasteiger partial charge in [-0.05, 0) is 24.8 Å². The first kappa shape index (κ1) is 17.8. The van der Waals surface area contributed by atoms with E-state index in [2.05, 4.69) is 27.4 Å². The Hall–Kier alpha value is -3.01. The minimum atomic E-state index is -0.0163. The van der Waals surface area contributed by atoms with Crippen molar-refractivity contribution in [2.75, 3.05) is 5.32 Å². The Kier molecular flexibility index (Phi) is 6.09. The average molecular weight is 345 g/mol. The van der Waals surface area contributed by atoms with E-state index < -0.39 is 0 Å². The van der Waals surface area contributed by atoms with Crippen LogP contribution in [0.3, 0.4) is 0 Å². The fourth-order valence-corrected chi connectivity index (χ4v) is 2.82. The molecule has 0 aliphatic heterocycles. The summed E-state index contributed by atoms with van der Waals surface area (Å²) in [6.45, 7) is 2.02. The average Bonchev–Trinajstić information content (AvgIpc) is 2.70. The highest BCUT2D eigenvalue weighted by Crippen LogP contribution is 2.20. The quantitative estimate of drug-likeness (QED) is 0.677. The monoisotopic (exact) mass is 345 g/mol. The Morgan fingerprint density at radius 3 is 2.38 bits per heavy atom. The SMILES string of the molecule is CCc1nc(-c2ccccc2)cnc1NC(=O)CCCc1ccccc1. The summed E-state index contributed by atoms with van der Waals surface area (Å²) in [4.78, 5) is 21.3. The summed E-state index contributed by atoms with van der Waals surface area (Å²) in [5, 5.41) is 2.91. The van der Waals surface area contributed by atoms with Crippen LogP contribution in [0.2, 0.25) is 0 Å². The molecule has 0 spiro atoms. The van der Waals surface area contributed by atoms with Crippen molar-refractivity contribution in [3.63, 3.8) is 0 Å². The highest BCUT2D eigenvalue weighted by molar-refractivity contribution is 5.90. The molecule has 0 atom stereocenters. The van der Waals surface area contributed by atoms with E-state index in [9.17, 15) is 4.79 Å². The molecule has 1 aromatic heterocycles. The molecular weight excluding hydrogens is 322 g/mol. The molecule has 3 aromatic rings. The third kappa shape index (κ3) is 4.76. The van der Waals surface area contributed by atoms with E-state index in [-0.39, 0.29) is 5.91 Å². The van der Waals surface area contributed by atoms with E-state index in [4.69, 9.17) is 0 Å². The second-order valence-electron chi connectivity index (χ2n) is 6.16. The van der Waals surface area contributed by atoms with Crippen LogP contribution in [0.5, 0.6) is 0 Å². The maximum Gasteiger partial charge on any atom is 0.225 e. The lowest BCUT2D eigenvalue weighted by Gasteiger charge is -2.10. The lowest BCUT2D eigenvalue weighted by atomic mass is 10.1. The first-order valence-electron chi connectivity index (χ1n) is 9.01. The topological polar surface area (TPSA) is 54.9 Å². The van der Waals surface area contributed by atoms with Crippen molar-refractivity contribution in [1.29, 1.82) is 0 Å². The normalized spacial score (nSPS) is 10.5. The molecule has 0 aliphatic rings. The molecule has 0 bridgehead atoms. The van der Waals surface area contributed by atoms with Crippen LogP contribution in [0.25, 0.3) is 11.3 Å². The van der Waals surface area contributed by atoms with Gasteiger partial charge in [0.25, 0.3) is 0 Å². The van der Waals surface area contributed by atoms with Gasteiger partial charge in [-0.2, -0.15) is 0 Å². The molecule has 0 unspecified atom stereocenters. The number of aromatic nitrogens is 2. The summed E-state index contributed by atoms with van der Waals surface area (Å²) in [5.74, 6) is 0.550. The van der Waals surface area contributed by atoms with Crippen molar-refractivity contribution in [2.24, 2.45) is 0 Å². The largest absolute Gasteiger partial charge is 0.309 e. The number of nitrogens with zero attached hydrogens (tertiary/aromatic N) is 2. The molecule has 1 N–H and O–H groups in total. The summed E-state index contributed by atoms with van der Waals surface area (Å²) >= 11 is 0. The van der Waals surface area contributed by atoms with E-state index >= 15 is 0 Å². The van der Waals surface area contributed by atoms with Crippen molar-refractivity contribution < 1.29 is 4.79 Å². The molecule has 0 fully saturated rings. The molecule has 0 aliphatic carbocycles. The van der Waals surface area contributed by atoms with Gasteiger partial charge in [0.2, 0.25) is 5.91 Å². The highest BCUT2D eigenvalue weighted by Gasteiger charge is 2.10. The first-order chi connectivity index (χ1) is 12.8. The molecule has 0 radical (unpaired) electrons. The van der Waals surface area contributed by atoms with Gasteiger partial charge in [0.1, 0.15) is 0 Å². The maximum absolute atomic E-state index is 12.2. The molecule has 0 saturated heterocycles. The second kappa shape index (κ2) is 8.90. The van der Waals surface area contributed by atoms with Gasteiger partial charge in [-0.25, -0.2) is 9.97 Å². The van der Waals surface area contributed by atoms with E-state index in [1.54, 1.807) is 6.20 Å². The van der Waals surface area contributed by atoms with Gasteiger partial charge in [0.15, 0.2) is 5.82 Å². The molecule has 1 heterocycles. The first-order valence-corrected chi connectivity index (χ1v) is 9.01. The fraction of sp³-hybridized carbons (Fsp3) is 0.227. The van der Waals surface area contributed by atoms with Crippen LogP contribution in [-0.2, 0) is 17.6 Å². The van der Waals surface area contributed by atoms with Crippen LogP contribution in [0.15, 0.2) is 66.9 Å². The van der Waals surface area contributed by atoms with Crippen LogP contribution in [0.1, 0.15) is 31.0 Å². The zero-order valence-corrected chi connectivity index (χ0v) is 15.0. The Bertz CT molecular complexity index is 848. The number of nitrogens with one attached hydrogen (secondary N) is 1. The molecule has 26 heavy (non-hydrogen) atoms. The van der Waals surface area contributed by atoms with Crippen LogP contribution < -0.4 is 5.32 Å². The Morgan fingerprint density at radius 1 is 1.00 bits per heavy atom. The number of hydrogen-bond donors (Lipinski definition) is 1. The Labute approximate surface area is 154 Å². The predicted octanol–water partition coefficient (Wildman–Crippen LogP) is 4.67. The lowest BCUT2D eigenvalue weighted by Crippen LogP contribution is -2.15. The van der Waals surface area contributed by atoms with Gasteiger partial charge in [-0.1, -0.05) is 67.6 Å². The Balaban J connectivity index is 1.61. The zero-order chi connectivity index (χ0) is 18.2. The Morgan fingerprint density at radius 2 is 1.69 bits per heavy atom. The van der Waals surface area contributed by atoms with Gasteiger partial charge >= 0.3 is 0 Å². The molecule has 4 nitrogen and oxygen atoms in total. The second-order valence-corrected chi connectivity index (χ2v) is 6.16. The van der Waals surface area contributed by atoms with Crippen molar-refractivity contribution in [1.82, 2.24) is 9.97 Å². The maximum atomic E-state index is 12.2. The molecule has 132 valence electrons. The third-order valence-corrected chi connectivity index (χ3v) is 4.22. The van der Waals surface area contributed by atoms with Crippen molar-refractivity contribution in [3.8, 4) is 11.3 Å².